The molecule has 118 valence electrons. The van der Waals surface area contributed by atoms with Crippen molar-refractivity contribution < 1.29 is 9.53 Å². The fourth-order valence-corrected chi connectivity index (χ4v) is 3.59. The monoisotopic (exact) mass is 319 g/mol. The van der Waals surface area contributed by atoms with Gasteiger partial charge < -0.3 is 9.64 Å². The van der Waals surface area contributed by atoms with Crippen molar-refractivity contribution in [3.8, 4) is 0 Å². The molecule has 6 heteroatoms. The van der Waals surface area contributed by atoms with Crippen LogP contribution in [0, 0.1) is 0 Å². The minimum Gasteiger partial charge on any atom is -0.381 e. The maximum atomic E-state index is 12.6. The summed E-state index contributed by atoms with van der Waals surface area (Å²) in [4.78, 5) is 15.6. The highest BCUT2D eigenvalue weighted by Crippen LogP contribution is 2.28. The third kappa shape index (κ3) is 3.23. The lowest BCUT2D eigenvalue weighted by Gasteiger charge is -2.31. The zero-order chi connectivity index (χ0) is 15.5. The van der Waals surface area contributed by atoms with Gasteiger partial charge in [-0.1, -0.05) is 6.07 Å². The summed E-state index contributed by atoms with van der Waals surface area (Å²) in [7, 11) is 1.92. The molecule has 1 aliphatic rings. The number of carbonyl (C=O) groups excluding carboxylic acids is 1. The van der Waals surface area contributed by atoms with Crippen LogP contribution in [0.3, 0.4) is 0 Å². The molecule has 0 aliphatic carbocycles. The van der Waals surface area contributed by atoms with Crippen molar-refractivity contribution in [3.05, 3.63) is 39.8 Å². The molecule has 0 unspecified atom stereocenters. The second kappa shape index (κ2) is 6.62. The van der Waals surface area contributed by atoms with Crippen LogP contribution in [0.4, 0.5) is 0 Å². The van der Waals surface area contributed by atoms with Crippen LogP contribution in [-0.2, 0) is 29.5 Å². The smallest absolute Gasteiger partial charge is 0.228 e. The third-order valence-electron chi connectivity index (χ3n) is 3.91. The second-order valence-corrected chi connectivity index (χ2v) is 6.63. The summed E-state index contributed by atoms with van der Waals surface area (Å²) in [6, 6.07) is 4.00. The second-order valence-electron chi connectivity index (χ2n) is 5.60. The number of hydrogen-bond acceptors (Lipinski definition) is 4. The molecule has 5 nitrogen and oxygen atoms in total. The Morgan fingerprint density at radius 3 is 3.14 bits per heavy atom. The van der Waals surface area contributed by atoms with Gasteiger partial charge in [-0.15, -0.1) is 11.3 Å². The highest BCUT2D eigenvalue weighted by atomic mass is 32.1. The predicted molar refractivity (Wildman–Crippen MR) is 85.9 cm³/mol. The normalized spacial score (nSPS) is 17.5. The van der Waals surface area contributed by atoms with Gasteiger partial charge in [-0.2, -0.15) is 5.10 Å². The van der Waals surface area contributed by atoms with Crippen LogP contribution in [0.15, 0.2) is 23.7 Å². The van der Waals surface area contributed by atoms with Crippen molar-refractivity contribution >= 4 is 17.2 Å². The molecular weight excluding hydrogens is 298 g/mol. The van der Waals surface area contributed by atoms with Crippen LogP contribution in [0.1, 0.15) is 29.0 Å². The van der Waals surface area contributed by atoms with E-state index in [2.05, 4.69) is 5.10 Å². The summed E-state index contributed by atoms with van der Waals surface area (Å²) in [5.41, 5.74) is 2.22. The van der Waals surface area contributed by atoms with Gasteiger partial charge in [-0.25, -0.2) is 0 Å². The number of ether oxygens (including phenoxy) is 1. The number of rotatable bonds is 5. The lowest BCUT2D eigenvalue weighted by molar-refractivity contribution is -0.132. The number of carbonyl (C=O) groups is 1. The Labute approximate surface area is 134 Å². The first-order valence-corrected chi connectivity index (χ1v) is 8.45. The van der Waals surface area contributed by atoms with Crippen LogP contribution in [0.25, 0.3) is 0 Å². The molecule has 0 N–H and O–H groups in total. The lowest BCUT2D eigenvalue weighted by Crippen LogP contribution is -2.40. The molecule has 0 aromatic carbocycles. The first kappa shape index (κ1) is 15.2. The standard InChI is InChI=1S/C16H21N3O2S/c1-3-21-11-13-10-19(9-12-8-18(2)17-16(12)13)15(20)7-14-5-4-6-22-14/h4-6,8,13H,3,7,9-11H2,1-2H3/t13-/m1/s1. The minimum absolute atomic E-state index is 0.164. The Kier molecular flexibility index (Phi) is 4.59. The predicted octanol–water partition coefficient (Wildman–Crippen LogP) is 2.19. The van der Waals surface area contributed by atoms with E-state index >= 15 is 0 Å². The number of thiophene rings is 1. The molecule has 0 saturated carbocycles. The third-order valence-corrected chi connectivity index (χ3v) is 4.78. The molecular formula is C16H21N3O2S. The van der Waals surface area contributed by atoms with E-state index in [1.807, 2.05) is 47.3 Å². The summed E-state index contributed by atoms with van der Waals surface area (Å²) >= 11 is 1.63. The van der Waals surface area contributed by atoms with Gasteiger partial charge in [0.05, 0.1) is 18.7 Å². The average Bonchev–Trinajstić information content (AvgIpc) is 3.12. The molecule has 0 bridgehead atoms. The Hall–Kier alpha value is -1.66. The summed E-state index contributed by atoms with van der Waals surface area (Å²) in [6.07, 6.45) is 2.49. The molecule has 3 heterocycles. The van der Waals surface area contributed by atoms with Crippen LogP contribution < -0.4 is 0 Å². The number of aryl methyl sites for hydroxylation is 1. The molecule has 0 saturated heterocycles. The van der Waals surface area contributed by atoms with Gasteiger partial charge in [0.1, 0.15) is 0 Å². The van der Waals surface area contributed by atoms with Gasteiger partial charge in [-0.3, -0.25) is 9.48 Å². The van der Waals surface area contributed by atoms with E-state index in [0.29, 0.717) is 32.7 Å². The fourth-order valence-electron chi connectivity index (χ4n) is 2.90. The van der Waals surface area contributed by atoms with E-state index in [4.69, 9.17) is 4.74 Å². The highest BCUT2D eigenvalue weighted by molar-refractivity contribution is 7.10. The summed E-state index contributed by atoms with van der Waals surface area (Å²) < 4.78 is 7.42. The number of hydrogen-bond donors (Lipinski definition) is 0. The topological polar surface area (TPSA) is 47.4 Å². The molecule has 0 radical (unpaired) electrons. The SMILES string of the molecule is CCOC[C@H]1CN(C(=O)Cc2cccs2)Cc2cn(C)nc21. The van der Waals surface area contributed by atoms with Gasteiger partial charge in [0, 0.05) is 49.3 Å². The van der Waals surface area contributed by atoms with Crippen molar-refractivity contribution in [1.82, 2.24) is 14.7 Å². The first-order valence-electron chi connectivity index (χ1n) is 7.57. The van der Waals surface area contributed by atoms with E-state index in [9.17, 15) is 4.79 Å². The van der Waals surface area contributed by atoms with Gasteiger partial charge >= 0.3 is 0 Å². The average molecular weight is 319 g/mol. The fraction of sp³-hybridized carbons (Fsp3) is 0.500. The summed E-state index contributed by atoms with van der Waals surface area (Å²) in [5.74, 6) is 0.343. The first-order chi connectivity index (χ1) is 10.7. The van der Waals surface area contributed by atoms with E-state index < -0.39 is 0 Å². The molecule has 0 spiro atoms. The van der Waals surface area contributed by atoms with Crippen LogP contribution in [0.2, 0.25) is 0 Å². The number of aromatic nitrogens is 2. The Morgan fingerprint density at radius 2 is 2.41 bits per heavy atom. The van der Waals surface area contributed by atoms with Crippen LogP contribution >= 0.6 is 11.3 Å². The van der Waals surface area contributed by atoms with Crippen molar-refractivity contribution in [2.24, 2.45) is 7.05 Å². The van der Waals surface area contributed by atoms with E-state index in [-0.39, 0.29) is 11.8 Å². The molecule has 2 aromatic heterocycles. The van der Waals surface area contributed by atoms with E-state index in [1.165, 1.54) is 0 Å². The van der Waals surface area contributed by atoms with E-state index in [0.717, 1.165) is 16.1 Å². The molecule has 1 amide bonds. The molecule has 1 aliphatic heterocycles. The quantitative estimate of drug-likeness (QED) is 0.849. The summed E-state index contributed by atoms with van der Waals surface area (Å²) in [5, 5.41) is 6.57. The number of nitrogens with zero attached hydrogens (tertiary/aromatic N) is 3. The van der Waals surface area contributed by atoms with Crippen molar-refractivity contribution in [2.45, 2.75) is 25.8 Å². The van der Waals surface area contributed by atoms with E-state index in [1.54, 1.807) is 11.3 Å². The lowest BCUT2D eigenvalue weighted by atomic mass is 9.97. The zero-order valence-electron chi connectivity index (χ0n) is 13.0. The number of fused-ring (bicyclic) bond motifs is 1. The Bertz CT molecular complexity index is 636. The summed E-state index contributed by atoms with van der Waals surface area (Å²) in [6.45, 7) is 4.62. The van der Waals surface area contributed by atoms with Crippen LogP contribution in [-0.4, -0.2) is 40.3 Å². The highest BCUT2D eigenvalue weighted by Gasteiger charge is 2.30. The molecule has 2 aromatic rings. The molecule has 1 atom stereocenters. The molecule has 22 heavy (non-hydrogen) atoms. The van der Waals surface area contributed by atoms with Gasteiger partial charge in [0.2, 0.25) is 5.91 Å². The van der Waals surface area contributed by atoms with Crippen molar-refractivity contribution in [2.75, 3.05) is 19.8 Å². The van der Waals surface area contributed by atoms with Gasteiger partial charge in [0.15, 0.2) is 0 Å². The zero-order valence-corrected chi connectivity index (χ0v) is 13.8. The minimum atomic E-state index is 0.164. The maximum Gasteiger partial charge on any atom is 0.228 e. The van der Waals surface area contributed by atoms with Crippen molar-refractivity contribution in [1.29, 1.82) is 0 Å². The largest absolute Gasteiger partial charge is 0.381 e. The van der Waals surface area contributed by atoms with Gasteiger partial charge in [-0.05, 0) is 18.4 Å². The molecule has 3 rings (SSSR count). The Balaban J connectivity index is 1.75. The van der Waals surface area contributed by atoms with Crippen LogP contribution in [0.5, 0.6) is 0 Å². The van der Waals surface area contributed by atoms with Gasteiger partial charge in [0.25, 0.3) is 0 Å². The number of amides is 1. The maximum absolute atomic E-state index is 12.6. The van der Waals surface area contributed by atoms with Crippen molar-refractivity contribution in [3.63, 3.8) is 0 Å². The Morgan fingerprint density at radius 1 is 1.55 bits per heavy atom. The molecule has 0 fully saturated rings.